The number of fused-ring (bicyclic) bond motifs is 1. The van der Waals surface area contributed by atoms with Crippen LogP contribution in [0.5, 0.6) is 11.5 Å². The number of carbonyl (C=O) groups is 2. The van der Waals surface area contributed by atoms with Crippen LogP contribution in [0.25, 0.3) is 0 Å². The van der Waals surface area contributed by atoms with E-state index in [0.29, 0.717) is 56.1 Å². The van der Waals surface area contributed by atoms with E-state index in [9.17, 15) is 14.0 Å². The second-order valence-electron chi connectivity index (χ2n) is 7.37. The fourth-order valence-electron chi connectivity index (χ4n) is 3.78. The molecule has 0 aromatic heterocycles. The van der Waals surface area contributed by atoms with Crippen LogP contribution in [0.4, 0.5) is 15.8 Å². The molecule has 2 amide bonds. The summed E-state index contributed by atoms with van der Waals surface area (Å²) in [7, 11) is 0. The highest BCUT2D eigenvalue weighted by Crippen LogP contribution is 2.34. The molecule has 1 heterocycles. The van der Waals surface area contributed by atoms with E-state index in [1.54, 1.807) is 36.4 Å². The van der Waals surface area contributed by atoms with Gasteiger partial charge in [0.15, 0.2) is 11.5 Å². The molecule has 0 atom stereocenters. The number of benzene rings is 2. The average molecular weight is 398 g/mol. The Balaban J connectivity index is 1.29. The molecular formula is C22H23FN2O4. The van der Waals surface area contributed by atoms with Crippen molar-refractivity contribution in [3.05, 3.63) is 48.3 Å². The van der Waals surface area contributed by atoms with Crippen LogP contribution in [0.3, 0.4) is 0 Å². The first-order chi connectivity index (χ1) is 14.1. The molecule has 0 bridgehead atoms. The fraction of sp³-hybridized carbons (Fsp3) is 0.364. The minimum Gasteiger partial charge on any atom is -0.486 e. The standard InChI is InChI=1S/C22H23FN2O4/c23-17-3-1-2-4-18(17)25-22(27)15-7-5-14(6-8-15)21(26)24-16-9-10-19-20(13-16)29-12-11-28-19/h1-4,9-10,13-15H,5-8,11-12H2,(H,24,26)(H,25,27). The molecule has 1 fully saturated rings. The number of nitrogens with one attached hydrogen (secondary N) is 2. The van der Waals surface area contributed by atoms with Gasteiger partial charge >= 0.3 is 0 Å². The normalized spacial score (nSPS) is 20.6. The molecule has 2 aromatic rings. The maximum Gasteiger partial charge on any atom is 0.227 e. The maximum absolute atomic E-state index is 13.7. The number of hydrogen-bond acceptors (Lipinski definition) is 4. The lowest BCUT2D eigenvalue weighted by atomic mass is 9.81. The van der Waals surface area contributed by atoms with Crippen LogP contribution in [0, 0.1) is 17.7 Å². The third-order valence-electron chi connectivity index (χ3n) is 5.41. The largest absolute Gasteiger partial charge is 0.486 e. The van der Waals surface area contributed by atoms with Gasteiger partial charge in [-0.1, -0.05) is 12.1 Å². The van der Waals surface area contributed by atoms with Crippen molar-refractivity contribution >= 4 is 23.2 Å². The van der Waals surface area contributed by atoms with Crippen molar-refractivity contribution in [2.45, 2.75) is 25.7 Å². The van der Waals surface area contributed by atoms with Crippen LogP contribution in [0.1, 0.15) is 25.7 Å². The third kappa shape index (κ3) is 4.50. The molecule has 0 radical (unpaired) electrons. The van der Waals surface area contributed by atoms with E-state index in [0.717, 1.165) is 0 Å². The van der Waals surface area contributed by atoms with E-state index >= 15 is 0 Å². The van der Waals surface area contributed by atoms with E-state index in [1.807, 2.05) is 0 Å². The first-order valence-electron chi connectivity index (χ1n) is 9.86. The first-order valence-corrected chi connectivity index (χ1v) is 9.86. The van der Waals surface area contributed by atoms with Crippen LogP contribution in [0.15, 0.2) is 42.5 Å². The van der Waals surface area contributed by atoms with Crippen molar-refractivity contribution in [1.82, 2.24) is 0 Å². The highest BCUT2D eigenvalue weighted by Gasteiger charge is 2.30. The lowest BCUT2D eigenvalue weighted by molar-refractivity contribution is -0.125. The zero-order valence-corrected chi connectivity index (χ0v) is 15.9. The number of carbonyl (C=O) groups excluding carboxylic acids is 2. The molecule has 152 valence electrons. The van der Waals surface area contributed by atoms with E-state index in [4.69, 9.17) is 9.47 Å². The van der Waals surface area contributed by atoms with Gasteiger partial charge in [0.1, 0.15) is 19.0 Å². The molecule has 0 saturated heterocycles. The SMILES string of the molecule is O=C(Nc1ccc2c(c1)OCCO2)C1CCC(C(=O)Nc2ccccc2F)CC1. The van der Waals surface area contributed by atoms with Crippen molar-refractivity contribution in [1.29, 1.82) is 0 Å². The molecule has 2 aliphatic rings. The molecule has 1 aliphatic carbocycles. The monoisotopic (exact) mass is 398 g/mol. The zero-order valence-electron chi connectivity index (χ0n) is 15.9. The number of rotatable bonds is 4. The van der Waals surface area contributed by atoms with E-state index in [-0.39, 0.29) is 29.3 Å². The summed E-state index contributed by atoms with van der Waals surface area (Å²) in [5, 5.41) is 5.58. The maximum atomic E-state index is 13.7. The summed E-state index contributed by atoms with van der Waals surface area (Å²) in [6.07, 6.45) is 2.43. The van der Waals surface area contributed by atoms with Gasteiger partial charge in [0.2, 0.25) is 11.8 Å². The van der Waals surface area contributed by atoms with E-state index in [1.165, 1.54) is 6.07 Å². The van der Waals surface area contributed by atoms with Gasteiger partial charge in [-0.05, 0) is 49.9 Å². The molecule has 2 aromatic carbocycles. The molecule has 2 N–H and O–H groups in total. The van der Waals surface area contributed by atoms with Gasteiger partial charge in [-0.15, -0.1) is 0 Å². The predicted octanol–water partition coefficient (Wildman–Crippen LogP) is 3.98. The Morgan fingerprint density at radius 1 is 0.828 bits per heavy atom. The zero-order chi connectivity index (χ0) is 20.2. The summed E-state index contributed by atoms with van der Waals surface area (Å²) in [6, 6.07) is 11.5. The smallest absolute Gasteiger partial charge is 0.227 e. The predicted molar refractivity (Wildman–Crippen MR) is 107 cm³/mol. The number of ether oxygens (including phenoxy) is 2. The second kappa shape index (κ2) is 8.51. The highest BCUT2D eigenvalue weighted by atomic mass is 19.1. The summed E-state index contributed by atoms with van der Waals surface area (Å²) in [5.74, 6) is 0.232. The number of amides is 2. The summed E-state index contributed by atoms with van der Waals surface area (Å²) >= 11 is 0. The van der Waals surface area contributed by atoms with Gasteiger partial charge in [-0.2, -0.15) is 0 Å². The van der Waals surface area contributed by atoms with E-state index < -0.39 is 5.82 Å². The number of hydrogen-bond donors (Lipinski definition) is 2. The van der Waals surface area contributed by atoms with Gasteiger partial charge in [0, 0.05) is 23.6 Å². The quantitative estimate of drug-likeness (QED) is 0.817. The Bertz CT molecular complexity index is 909. The summed E-state index contributed by atoms with van der Waals surface area (Å²) < 4.78 is 24.7. The number of para-hydroxylation sites is 1. The van der Waals surface area contributed by atoms with Gasteiger partial charge < -0.3 is 20.1 Å². The number of anilines is 2. The molecule has 1 aliphatic heterocycles. The van der Waals surface area contributed by atoms with Gasteiger partial charge in [-0.3, -0.25) is 9.59 Å². The molecule has 29 heavy (non-hydrogen) atoms. The van der Waals surface area contributed by atoms with Crippen LogP contribution >= 0.6 is 0 Å². The van der Waals surface area contributed by atoms with Crippen LogP contribution in [-0.2, 0) is 9.59 Å². The van der Waals surface area contributed by atoms with Crippen LogP contribution < -0.4 is 20.1 Å². The van der Waals surface area contributed by atoms with Gasteiger partial charge in [0.05, 0.1) is 5.69 Å². The van der Waals surface area contributed by atoms with Crippen molar-refractivity contribution < 1.29 is 23.5 Å². The van der Waals surface area contributed by atoms with Crippen LogP contribution in [0.2, 0.25) is 0 Å². The molecule has 4 rings (SSSR count). The molecule has 7 heteroatoms. The summed E-state index contributed by atoms with van der Waals surface area (Å²) in [4.78, 5) is 25.0. The van der Waals surface area contributed by atoms with Crippen LogP contribution in [-0.4, -0.2) is 25.0 Å². The highest BCUT2D eigenvalue weighted by molar-refractivity contribution is 5.94. The van der Waals surface area contributed by atoms with E-state index in [2.05, 4.69) is 10.6 Å². The molecule has 1 saturated carbocycles. The van der Waals surface area contributed by atoms with Crippen molar-refractivity contribution in [3.8, 4) is 11.5 Å². The van der Waals surface area contributed by atoms with Crippen molar-refractivity contribution in [2.24, 2.45) is 11.8 Å². The Kier molecular flexibility index (Phi) is 5.64. The summed E-state index contributed by atoms with van der Waals surface area (Å²) in [5.41, 5.74) is 0.856. The minimum absolute atomic E-state index is 0.0605. The molecular weight excluding hydrogens is 375 g/mol. The number of halogens is 1. The fourth-order valence-corrected chi connectivity index (χ4v) is 3.78. The minimum atomic E-state index is -0.451. The van der Waals surface area contributed by atoms with Gasteiger partial charge in [-0.25, -0.2) is 4.39 Å². The van der Waals surface area contributed by atoms with Gasteiger partial charge in [0.25, 0.3) is 0 Å². The Labute approximate surface area is 168 Å². The van der Waals surface area contributed by atoms with Crippen molar-refractivity contribution in [3.63, 3.8) is 0 Å². The third-order valence-corrected chi connectivity index (χ3v) is 5.41. The molecule has 6 nitrogen and oxygen atoms in total. The topological polar surface area (TPSA) is 76.7 Å². The van der Waals surface area contributed by atoms with Crippen molar-refractivity contribution in [2.75, 3.05) is 23.8 Å². The molecule has 0 spiro atoms. The Morgan fingerprint density at radius 3 is 2.14 bits per heavy atom. The molecule has 0 unspecified atom stereocenters. The second-order valence-corrected chi connectivity index (χ2v) is 7.37. The lowest BCUT2D eigenvalue weighted by Crippen LogP contribution is -2.32. The Morgan fingerprint density at radius 2 is 1.45 bits per heavy atom. The lowest BCUT2D eigenvalue weighted by Gasteiger charge is -2.27. The Hall–Kier alpha value is -3.09. The average Bonchev–Trinajstić information content (AvgIpc) is 2.75. The summed E-state index contributed by atoms with van der Waals surface area (Å²) in [6.45, 7) is 1.01. The first kappa shape index (κ1) is 19.2.